The number of anilines is 1. The predicted octanol–water partition coefficient (Wildman–Crippen LogP) is 5.63. The van der Waals surface area contributed by atoms with Crippen LogP contribution >= 0.6 is 35.3 Å². The van der Waals surface area contributed by atoms with Crippen LogP contribution in [0.2, 0.25) is 0 Å². The molecule has 1 spiro atoms. The number of amides is 1. The van der Waals surface area contributed by atoms with Gasteiger partial charge < -0.3 is 23.7 Å². The van der Waals surface area contributed by atoms with Crippen molar-refractivity contribution in [3.63, 3.8) is 0 Å². The van der Waals surface area contributed by atoms with Crippen LogP contribution in [0.3, 0.4) is 0 Å². The molecule has 3 aliphatic heterocycles. The van der Waals surface area contributed by atoms with Crippen LogP contribution in [-0.4, -0.2) is 75.0 Å². The Hall–Kier alpha value is -4.40. The number of para-hydroxylation sites is 1. The number of thioether (sulfide) groups is 3. The molecular formula is C35H33NO10S3. The number of rotatable bonds is 7. The topological polar surface area (TPSA) is 135 Å². The third-order valence-corrected chi connectivity index (χ3v) is 12.8. The van der Waals surface area contributed by atoms with Gasteiger partial charge in [0.05, 0.1) is 52.3 Å². The smallest absolute Gasteiger partial charge is 0.345 e. The lowest BCUT2D eigenvalue weighted by molar-refractivity contribution is -0.138. The third kappa shape index (κ3) is 5.95. The third-order valence-electron chi connectivity index (χ3n) is 8.12. The predicted molar refractivity (Wildman–Crippen MR) is 189 cm³/mol. The molecule has 0 saturated carbocycles. The molecular weight excluding hydrogens is 691 g/mol. The van der Waals surface area contributed by atoms with Gasteiger partial charge in [-0.15, -0.1) is 0 Å². The van der Waals surface area contributed by atoms with Gasteiger partial charge in [-0.05, 0) is 50.1 Å². The van der Waals surface area contributed by atoms with Gasteiger partial charge in [-0.3, -0.25) is 9.69 Å². The van der Waals surface area contributed by atoms with Gasteiger partial charge in [-0.25, -0.2) is 19.2 Å². The Labute approximate surface area is 296 Å². The summed E-state index contributed by atoms with van der Waals surface area (Å²) < 4.78 is 24.1. The monoisotopic (exact) mass is 723 g/mol. The average Bonchev–Trinajstić information content (AvgIpc) is 3.49. The lowest BCUT2D eigenvalue weighted by atomic mass is 9.82. The lowest BCUT2D eigenvalue weighted by Gasteiger charge is -2.51. The van der Waals surface area contributed by atoms with Crippen LogP contribution < -0.4 is 9.64 Å². The van der Waals surface area contributed by atoms with Crippen molar-refractivity contribution in [2.75, 3.05) is 40.4 Å². The molecule has 0 aromatic heterocycles. The van der Waals surface area contributed by atoms with Crippen molar-refractivity contribution in [3.8, 4) is 5.75 Å². The molecule has 3 heterocycles. The minimum atomic E-state index is -1.65. The van der Waals surface area contributed by atoms with Crippen molar-refractivity contribution in [1.29, 1.82) is 0 Å². The molecule has 0 bridgehead atoms. The van der Waals surface area contributed by atoms with Gasteiger partial charge in [0, 0.05) is 22.1 Å². The van der Waals surface area contributed by atoms with Crippen molar-refractivity contribution in [2.24, 2.45) is 0 Å². The molecule has 0 radical (unpaired) electrons. The van der Waals surface area contributed by atoms with E-state index in [0.717, 1.165) is 46.4 Å². The van der Waals surface area contributed by atoms with Crippen LogP contribution in [0, 0.1) is 6.92 Å². The summed E-state index contributed by atoms with van der Waals surface area (Å²) in [6, 6.07) is 12.7. The summed E-state index contributed by atoms with van der Waals surface area (Å²) in [4.78, 5) is 69.9. The Bertz CT molecular complexity index is 1880. The molecule has 3 aliphatic rings. The molecule has 14 heteroatoms. The number of hydrogen-bond donors (Lipinski definition) is 0. The first-order chi connectivity index (χ1) is 23.3. The second kappa shape index (κ2) is 13.8. The molecule has 0 atom stereocenters. The van der Waals surface area contributed by atoms with E-state index in [0.29, 0.717) is 27.5 Å². The van der Waals surface area contributed by atoms with Crippen LogP contribution in [0.1, 0.15) is 30.5 Å². The molecule has 1 amide bonds. The number of ether oxygens (including phenoxy) is 5. The number of methoxy groups -OCH3 is 5. The minimum absolute atomic E-state index is 0.114. The Morgan fingerprint density at radius 1 is 0.735 bits per heavy atom. The zero-order valence-electron chi connectivity index (χ0n) is 28.0. The molecule has 2 aromatic rings. The van der Waals surface area contributed by atoms with Gasteiger partial charge in [-0.1, -0.05) is 65.6 Å². The Balaban J connectivity index is 1.80. The van der Waals surface area contributed by atoms with Crippen molar-refractivity contribution in [2.45, 2.75) is 30.4 Å². The van der Waals surface area contributed by atoms with Gasteiger partial charge >= 0.3 is 23.9 Å². The molecule has 2 aromatic carbocycles. The van der Waals surface area contributed by atoms with Gasteiger partial charge in [0.1, 0.15) is 24.5 Å². The normalized spacial score (nSPS) is 17.5. The molecule has 0 unspecified atom stereocenters. The highest BCUT2D eigenvalue weighted by Crippen LogP contribution is 2.71. The molecule has 256 valence electrons. The summed E-state index contributed by atoms with van der Waals surface area (Å²) in [6.07, 6.45) is 3.17. The fourth-order valence-corrected chi connectivity index (χ4v) is 10.9. The zero-order valence-corrected chi connectivity index (χ0v) is 30.4. The van der Waals surface area contributed by atoms with E-state index in [4.69, 9.17) is 23.7 Å². The van der Waals surface area contributed by atoms with Crippen LogP contribution in [0.4, 0.5) is 5.69 Å². The van der Waals surface area contributed by atoms with E-state index < -0.39 is 33.5 Å². The van der Waals surface area contributed by atoms with Crippen LogP contribution in [0.25, 0.3) is 11.6 Å². The standard InChI is InChI=1S/C35H33NO10S3/c1-18-10-9-11-21-23-29(34(2,3)36(25(18)21)22(37)17-14-19-12-15-20(42-4)16-13-19)47-26(31(39)44-6)24(30(38)43-5)35(23)48-27(32(40)45-7)28(49-35)33(41)46-8/h9-17H,1-8H3/b17-14+. The zero-order chi connectivity index (χ0) is 35.8. The van der Waals surface area contributed by atoms with E-state index in [2.05, 4.69) is 0 Å². The van der Waals surface area contributed by atoms with E-state index >= 15 is 0 Å². The average molecular weight is 724 g/mol. The molecule has 0 fully saturated rings. The number of nitrogens with zero attached hydrogens (tertiary/aromatic N) is 1. The quantitative estimate of drug-likeness (QED) is 0.199. The van der Waals surface area contributed by atoms with Crippen LogP contribution in [0.5, 0.6) is 5.75 Å². The van der Waals surface area contributed by atoms with Crippen molar-refractivity contribution in [1.82, 2.24) is 0 Å². The first-order valence-electron chi connectivity index (χ1n) is 14.7. The van der Waals surface area contributed by atoms with Gasteiger partial charge in [0.25, 0.3) is 5.91 Å². The number of esters is 4. The van der Waals surface area contributed by atoms with E-state index in [9.17, 15) is 24.0 Å². The number of carbonyl (C=O) groups is 5. The van der Waals surface area contributed by atoms with Gasteiger partial charge in [-0.2, -0.15) is 0 Å². The molecule has 49 heavy (non-hydrogen) atoms. The van der Waals surface area contributed by atoms with Crippen LogP contribution in [0.15, 0.2) is 73.7 Å². The molecule has 5 rings (SSSR count). The highest BCUT2D eigenvalue weighted by molar-refractivity contribution is 8.26. The second-order valence-electron chi connectivity index (χ2n) is 11.3. The van der Waals surface area contributed by atoms with E-state index in [1.165, 1.54) is 34.5 Å². The molecule has 0 aliphatic carbocycles. The summed E-state index contributed by atoms with van der Waals surface area (Å²) in [5.41, 5.74) is 1.83. The summed E-state index contributed by atoms with van der Waals surface area (Å²) in [5.74, 6) is -3.06. The summed E-state index contributed by atoms with van der Waals surface area (Å²) >= 11 is 2.74. The van der Waals surface area contributed by atoms with Crippen LogP contribution in [-0.2, 0) is 42.9 Å². The van der Waals surface area contributed by atoms with E-state index in [1.807, 2.05) is 45.0 Å². The SMILES string of the molecule is COC(=O)C1=C(C(=O)OC)SC2(S1)C(C(=O)OC)=C(C(=O)OC)SC1=C2c2cccc(C)c2N(C(=O)/C=C/c2ccc(OC)cc2)C1(C)C. The maximum absolute atomic E-state index is 14.3. The van der Waals surface area contributed by atoms with Crippen molar-refractivity contribution >= 4 is 82.4 Å². The number of aryl methyl sites for hydroxylation is 1. The van der Waals surface area contributed by atoms with E-state index in [1.54, 1.807) is 36.3 Å². The number of carbonyl (C=O) groups excluding carboxylic acids is 5. The minimum Gasteiger partial charge on any atom is -0.497 e. The van der Waals surface area contributed by atoms with E-state index in [-0.39, 0.29) is 26.2 Å². The fourth-order valence-electron chi connectivity index (χ4n) is 5.86. The lowest BCUT2D eigenvalue weighted by Crippen LogP contribution is -2.53. The van der Waals surface area contributed by atoms with Crippen molar-refractivity contribution in [3.05, 3.63) is 90.4 Å². The first kappa shape index (κ1) is 35.9. The summed E-state index contributed by atoms with van der Waals surface area (Å²) in [5, 5.41) is 0. The maximum Gasteiger partial charge on any atom is 0.345 e. The summed E-state index contributed by atoms with van der Waals surface area (Å²) in [7, 11) is 6.27. The Kier molecular flexibility index (Phi) is 10.1. The van der Waals surface area contributed by atoms with Gasteiger partial charge in [0.15, 0.2) is 0 Å². The highest BCUT2D eigenvalue weighted by Gasteiger charge is 2.61. The Morgan fingerprint density at radius 3 is 1.82 bits per heavy atom. The Morgan fingerprint density at radius 2 is 1.29 bits per heavy atom. The molecule has 0 saturated heterocycles. The molecule has 0 N–H and O–H groups in total. The first-order valence-corrected chi connectivity index (χ1v) is 17.2. The fraction of sp³-hybridized carbons (Fsp3) is 0.286. The number of benzene rings is 2. The highest BCUT2D eigenvalue weighted by atomic mass is 32.2. The summed E-state index contributed by atoms with van der Waals surface area (Å²) in [6.45, 7) is 5.52. The van der Waals surface area contributed by atoms with Gasteiger partial charge in [0.2, 0.25) is 0 Å². The molecule has 11 nitrogen and oxygen atoms in total. The van der Waals surface area contributed by atoms with Crippen molar-refractivity contribution < 1.29 is 47.7 Å². The number of fused-ring (bicyclic) bond motifs is 3. The largest absolute Gasteiger partial charge is 0.497 e. The number of hydrogen-bond acceptors (Lipinski definition) is 13. The second-order valence-corrected chi connectivity index (χ2v) is 15.0. The maximum atomic E-state index is 14.3.